The van der Waals surface area contributed by atoms with Crippen molar-refractivity contribution in [3.63, 3.8) is 0 Å². The molecule has 3 atom stereocenters. The maximum atomic E-state index is 11.1. The van der Waals surface area contributed by atoms with Crippen LogP contribution in [0.4, 0.5) is 0 Å². The van der Waals surface area contributed by atoms with E-state index in [2.05, 4.69) is 32.9 Å². The lowest BCUT2D eigenvalue weighted by Crippen LogP contribution is -2.50. The minimum absolute atomic E-state index is 0.0438. The topological polar surface area (TPSA) is 64.2 Å². The van der Waals surface area contributed by atoms with Gasteiger partial charge in [0.2, 0.25) is 0 Å². The van der Waals surface area contributed by atoms with Crippen LogP contribution in [0, 0.1) is 28.6 Å². The molecule has 0 heterocycles. The number of phenols is 2. The van der Waals surface area contributed by atoms with Gasteiger partial charge in [-0.05, 0) is 79.4 Å². The fourth-order valence-corrected chi connectivity index (χ4v) is 6.81. The Morgan fingerprint density at radius 1 is 1.10 bits per heavy atom. The Hall–Kier alpha value is -1.95. The molecule has 3 heteroatoms. The summed E-state index contributed by atoms with van der Waals surface area (Å²) in [5.74, 6) is 1.74. The zero-order valence-electron chi connectivity index (χ0n) is 18.2. The lowest BCUT2D eigenvalue weighted by Gasteiger charge is -2.59. The second-order valence-electron chi connectivity index (χ2n) is 10.4. The van der Waals surface area contributed by atoms with Crippen LogP contribution in [0.3, 0.4) is 0 Å². The average Bonchev–Trinajstić information content (AvgIpc) is 3.14. The third-order valence-electron chi connectivity index (χ3n) is 8.61. The number of phenolic OH excluding ortho intramolecular Hbond substituents is 2. The molecule has 29 heavy (non-hydrogen) atoms. The van der Waals surface area contributed by atoms with E-state index < -0.39 is 0 Å². The summed E-state index contributed by atoms with van der Waals surface area (Å²) in [6.45, 7) is 6.85. The number of aromatic hydroxyl groups is 2. The van der Waals surface area contributed by atoms with Gasteiger partial charge in [0.05, 0.1) is 6.07 Å². The van der Waals surface area contributed by atoms with Crippen molar-refractivity contribution in [3.05, 3.63) is 34.9 Å². The Morgan fingerprint density at radius 2 is 1.76 bits per heavy atom. The van der Waals surface area contributed by atoms with Crippen molar-refractivity contribution in [2.24, 2.45) is 17.3 Å². The van der Waals surface area contributed by atoms with Crippen LogP contribution in [-0.2, 0) is 5.41 Å². The van der Waals surface area contributed by atoms with Gasteiger partial charge in [0, 0.05) is 17.9 Å². The molecule has 156 valence electrons. The zero-order chi connectivity index (χ0) is 20.8. The van der Waals surface area contributed by atoms with Gasteiger partial charge in [-0.15, -0.1) is 0 Å². The number of unbranched alkanes of at least 4 members (excludes halogenated alkanes) is 2. The highest BCUT2D eigenvalue weighted by Gasteiger charge is 2.55. The van der Waals surface area contributed by atoms with Crippen LogP contribution >= 0.6 is 0 Å². The Bertz CT molecular complexity index is 831. The fourth-order valence-electron chi connectivity index (χ4n) is 6.81. The van der Waals surface area contributed by atoms with E-state index in [-0.39, 0.29) is 28.2 Å². The van der Waals surface area contributed by atoms with Gasteiger partial charge in [-0.3, -0.25) is 0 Å². The van der Waals surface area contributed by atoms with E-state index in [1.807, 2.05) is 12.1 Å². The smallest absolute Gasteiger partial charge is 0.123 e. The number of hydrogen-bond donors (Lipinski definition) is 2. The summed E-state index contributed by atoms with van der Waals surface area (Å²) in [6.07, 6.45) is 11.7. The van der Waals surface area contributed by atoms with Gasteiger partial charge in [-0.1, -0.05) is 44.8 Å². The molecule has 1 aromatic rings. The molecule has 2 bridgehead atoms. The summed E-state index contributed by atoms with van der Waals surface area (Å²) >= 11 is 0. The number of rotatable bonds is 6. The van der Waals surface area contributed by atoms with Gasteiger partial charge in [0.25, 0.3) is 0 Å². The van der Waals surface area contributed by atoms with Gasteiger partial charge in [-0.2, -0.15) is 5.26 Å². The molecule has 4 aliphatic carbocycles. The van der Waals surface area contributed by atoms with E-state index in [4.69, 9.17) is 5.26 Å². The summed E-state index contributed by atoms with van der Waals surface area (Å²) in [5, 5.41) is 31.0. The largest absolute Gasteiger partial charge is 0.507 e. The van der Waals surface area contributed by atoms with E-state index in [1.54, 1.807) is 0 Å². The van der Waals surface area contributed by atoms with Crippen molar-refractivity contribution < 1.29 is 10.2 Å². The molecule has 2 N–H and O–H groups in total. The third kappa shape index (κ3) is 3.25. The number of benzene rings is 1. The van der Waals surface area contributed by atoms with E-state index in [1.165, 1.54) is 18.4 Å². The maximum Gasteiger partial charge on any atom is 0.123 e. The summed E-state index contributed by atoms with van der Waals surface area (Å²) in [5.41, 5.74) is 3.49. The van der Waals surface area contributed by atoms with E-state index in [9.17, 15) is 10.2 Å². The summed E-state index contributed by atoms with van der Waals surface area (Å²) in [7, 11) is 0. The quantitative estimate of drug-likeness (QED) is 0.417. The first-order valence-electron chi connectivity index (χ1n) is 11.4. The Kier molecular flexibility index (Phi) is 5.18. The highest BCUT2D eigenvalue weighted by Crippen LogP contribution is 2.65. The lowest BCUT2D eigenvalue weighted by atomic mass is 9.45. The normalized spacial score (nSPS) is 29.0. The average molecular weight is 394 g/mol. The van der Waals surface area contributed by atoms with E-state index >= 15 is 0 Å². The lowest BCUT2D eigenvalue weighted by molar-refractivity contribution is -0.0198. The van der Waals surface area contributed by atoms with Crippen LogP contribution in [0.2, 0.25) is 0 Å². The van der Waals surface area contributed by atoms with Crippen molar-refractivity contribution in [2.45, 2.75) is 89.9 Å². The summed E-state index contributed by atoms with van der Waals surface area (Å²) in [6, 6.07) is 6.14. The molecule has 2 saturated carbocycles. The number of nitrogens with zero attached hydrogens (tertiary/aromatic N) is 1. The standard InChI is InChI=1S/C26H35NO2/c1-17-13-19(21-16-20(17)25(21,2)3)24-22(28)14-18(15-23(24)29)26(10-6-7-11-26)9-5-4-8-12-27/h13-15,19-21,28-29H,4-11,16H2,1-3H3/t19-,20-,21+/m0/s1. The minimum Gasteiger partial charge on any atom is -0.507 e. The molecular weight excluding hydrogens is 358 g/mol. The molecule has 4 aliphatic rings. The summed E-state index contributed by atoms with van der Waals surface area (Å²) in [4.78, 5) is 0. The Labute approximate surface area is 175 Å². The van der Waals surface area contributed by atoms with Crippen molar-refractivity contribution in [2.75, 3.05) is 0 Å². The van der Waals surface area contributed by atoms with Crippen LogP contribution in [0.25, 0.3) is 0 Å². The highest BCUT2D eigenvalue weighted by molar-refractivity contribution is 5.54. The van der Waals surface area contributed by atoms with Crippen molar-refractivity contribution >= 4 is 0 Å². The first-order valence-corrected chi connectivity index (χ1v) is 11.4. The number of fused-ring (bicyclic) bond motifs is 1. The first-order chi connectivity index (χ1) is 13.8. The van der Waals surface area contributed by atoms with Crippen LogP contribution in [0.1, 0.15) is 95.6 Å². The highest BCUT2D eigenvalue weighted by atomic mass is 16.3. The first kappa shape index (κ1) is 20.3. The number of nitriles is 1. The minimum atomic E-state index is 0.0438. The molecule has 3 nitrogen and oxygen atoms in total. The van der Waals surface area contributed by atoms with Gasteiger partial charge >= 0.3 is 0 Å². The van der Waals surface area contributed by atoms with E-state index in [0.717, 1.165) is 49.7 Å². The van der Waals surface area contributed by atoms with Crippen LogP contribution in [0.5, 0.6) is 11.5 Å². The zero-order valence-corrected chi connectivity index (χ0v) is 18.2. The van der Waals surface area contributed by atoms with Gasteiger partial charge in [0.15, 0.2) is 0 Å². The van der Waals surface area contributed by atoms with Crippen molar-refractivity contribution in [3.8, 4) is 17.6 Å². The Morgan fingerprint density at radius 3 is 2.31 bits per heavy atom. The number of allylic oxidation sites excluding steroid dienone is 2. The molecule has 0 radical (unpaired) electrons. The molecule has 0 amide bonds. The second-order valence-corrected chi connectivity index (χ2v) is 10.4. The molecule has 0 unspecified atom stereocenters. The molecule has 0 saturated heterocycles. The molecule has 0 aliphatic heterocycles. The van der Waals surface area contributed by atoms with Crippen LogP contribution in [-0.4, -0.2) is 10.2 Å². The summed E-state index contributed by atoms with van der Waals surface area (Å²) < 4.78 is 0. The fraction of sp³-hybridized carbons (Fsp3) is 0.654. The van der Waals surface area contributed by atoms with Gasteiger partial charge in [-0.25, -0.2) is 0 Å². The Balaban J connectivity index is 1.65. The van der Waals surface area contributed by atoms with E-state index in [0.29, 0.717) is 18.3 Å². The van der Waals surface area contributed by atoms with Crippen molar-refractivity contribution in [1.82, 2.24) is 0 Å². The third-order valence-corrected chi connectivity index (χ3v) is 8.61. The molecule has 0 aromatic heterocycles. The van der Waals surface area contributed by atoms with Crippen LogP contribution in [0.15, 0.2) is 23.8 Å². The van der Waals surface area contributed by atoms with Gasteiger partial charge < -0.3 is 10.2 Å². The maximum absolute atomic E-state index is 11.1. The molecule has 1 aromatic carbocycles. The molecular formula is C26H35NO2. The molecule has 2 fully saturated rings. The van der Waals surface area contributed by atoms with Crippen molar-refractivity contribution in [1.29, 1.82) is 5.26 Å². The number of hydrogen-bond acceptors (Lipinski definition) is 3. The second kappa shape index (κ2) is 7.38. The SMILES string of the molecule is CC1=C[C@H](c2c(O)cc(C3(CCCCC#N)CCCC3)cc2O)[C@H]2C[C@@H]1C2(C)C. The monoisotopic (exact) mass is 393 g/mol. The predicted molar refractivity (Wildman–Crippen MR) is 116 cm³/mol. The van der Waals surface area contributed by atoms with Gasteiger partial charge in [0.1, 0.15) is 11.5 Å². The van der Waals surface area contributed by atoms with Crippen LogP contribution < -0.4 is 0 Å². The molecule has 0 spiro atoms. The molecule has 5 rings (SSSR count). The predicted octanol–water partition coefficient (Wildman–Crippen LogP) is 6.70.